The minimum atomic E-state index is -0.312. The molecule has 1 amide bonds. The number of carbonyl (C=O) groups is 1. The molecule has 0 saturated carbocycles. The fraction of sp³-hybridized carbons (Fsp3) is 0.154. The van der Waals surface area contributed by atoms with E-state index >= 15 is 0 Å². The van der Waals surface area contributed by atoms with Gasteiger partial charge in [-0.15, -0.1) is 0 Å². The van der Waals surface area contributed by atoms with Crippen LogP contribution < -0.4 is 15.8 Å². The maximum absolute atomic E-state index is 12.0. The molecule has 0 spiro atoms. The molecular weight excluding hydrogens is 244 g/mol. The van der Waals surface area contributed by atoms with E-state index in [1.165, 1.54) is 12.1 Å². The Bertz CT molecular complexity index is 629. The number of hydrogen-bond donors (Lipinski definition) is 2. The first-order valence-electron chi connectivity index (χ1n) is 5.71. The molecule has 0 aliphatic carbocycles. The second-order valence-electron chi connectivity index (χ2n) is 4.21. The molecule has 0 unspecified atom stereocenters. The van der Waals surface area contributed by atoms with Gasteiger partial charge in [-0.3, -0.25) is 9.59 Å². The summed E-state index contributed by atoms with van der Waals surface area (Å²) in [4.78, 5) is 24.8. The van der Waals surface area contributed by atoms with E-state index in [0.717, 1.165) is 5.69 Å². The summed E-state index contributed by atoms with van der Waals surface area (Å²) in [6.45, 7) is 0. The third-order valence-electron chi connectivity index (χ3n) is 2.55. The van der Waals surface area contributed by atoms with Crippen LogP contribution in [0.4, 0.5) is 11.5 Å². The summed E-state index contributed by atoms with van der Waals surface area (Å²) in [7, 11) is 3.81. The maximum atomic E-state index is 12.0. The monoisotopic (exact) mass is 258 g/mol. The number of anilines is 2. The Morgan fingerprint density at radius 2 is 2.05 bits per heavy atom. The molecule has 1 aromatic carbocycles. The van der Waals surface area contributed by atoms with Crippen LogP contribution in [0.2, 0.25) is 0 Å². The van der Waals surface area contributed by atoms with Crippen LogP contribution in [0.25, 0.3) is 0 Å². The number of benzene rings is 1. The second-order valence-corrected chi connectivity index (χ2v) is 4.21. The van der Waals surface area contributed by atoms with Crippen LogP contribution in [0.5, 0.6) is 0 Å². The zero-order valence-electron chi connectivity index (χ0n) is 10.7. The molecule has 1 aromatic heterocycles. The summed E-state index contributed by atoms with van der Waals surface area (Å²) >= 11 is 0. The SMILES string of the molecule is CN(C)c1cccc(C(=O)Nc2ccc(=O)[nH]n2)c1. The number of aromatic nitrogens is 2. The smallest absolute Gasteiger partial charge is 0.264 e. The lowest BCUT2D eigenvalue weighted by atomic mass is 10.2. The van der Waals surface area contributed by atoms with Crippen LogP contribution in [0.1, 0.15) is 10.4 Å². The fourth-order valence-corrected chi connectivity index (χ4v) is 1.53. The van der Waals surface area contributed by atoms with Crippen molar-refractivity contribution >= 4 is 17.4 Å². The summed E-state index contributed by atoms with van der Waals surface area (Å²) in [6.07, 6.45) is 0. The first-order valence-corrected chi connectivity index (χ1v) is 5.71. The number of nitrogens with zero attached hydrogens (tertiary/aromatic N) is 2. The van der Waals surface area contributed by atoms with Gasteiger partial charge in [0.05, 0.1) is 0 Å². The number of nitrogens with one attached hydrogen (secondary N) is 2. The van der Waals surface area contributed by atoms with E-state index in [4.69, 9.17) is 0 Å². The second kappa shape index (κ2) is 5.34. The summed E-state index contributed by atoms with van der Waals surface area (Å²) in [6, 6.07) is 9.97. The van der Waals surface area contributed by atoms with Crippen LogP contribution in [0.3, 0.4) is 0 Å². The highest BCUT2D eigenvalue weighted by atomic mass is 16.2. The van der Waals surface area contributed by atoms with Crippen molar-refractivity contribution in [3.63, 3.8) is 0 Å². The minimum Gasteiger partial charge on any atom is -0.378 e. The molecule has 2 aromatic rings. The molecule has 1 heterocycles. The molecular formula is C13H14N4O2. The zero-order chi connectivity index (χ0) is 13.8. The maximum Gasteiger partial charge on any atom is 0.264 e. The summed E-state index contributed by atoms with van der Waals surface area (Å²) in [5.74, 6) is 0.0307. The number of hydrogen-bond acceptors (Lipinski definition) is 4. The summed E-state index contributed by atoms with van der Waals surface area (Å²) < 4.78 is 0. The van der Waals surface area contributed by atoms with Crippen LogP contribution in [0, 0.1) is 0 Å². The molecule has 6 nitrogen and oxygen atoms in total. The molecule has 2 N–H and O–H groups in total. The number of aromatic amines is 1. The molecule has 6 heteroatoms. The highest BCUT2D eigenvalue weighted by molar-refractivity contribution is 6.04. The van der Waals surface area contributed by atoms with Crippen LogP contribution in [-0.2, 0) is 0 Å². The number of rotatable bonds is 3. The van der Waals surface area contributed by atoms with Crippen molar-refractivity contribution in [1.82, 2.24) is 10.2 Å². The van der Waals surface area contributed by atoms with Crippen molar-refractivity contribution in [2.45, 2.75) is 0 Å². The van der Waals surface area contributed by atoms with Gasteiger partial charge in [0.25, 0.3) is 11.5 Å². The highest BCUT2D eigenvalue weighted by Crippen LogP contribution is 2.14. The zero-order valence-corrected chi connectivity index (χ0v) is 10.7. The molecule has 0 atom stereocenters. The first kappa shape index (κ1) is 12.8. The predicted molar refractivity (Wildman–Crippen MR) is 73.6 cm³/mol. The third kappa shape index (κ3) is 3.19. The van der Waals surface area contributed by atoms with Crippen molar-refractivity contribution in [2.24, 2.45) is 0 Å². The largest absolute Gasteiger partial charge is 0.378 e. The van der Waals surface area contributed by atoms with Gasteiger partial charge in [-0.1, -0.05) is 6.07 Å². The molecule has 2 rings (SSSR count). The first-order chi connectivity index (χ1) is 9.06. The van der Waals surface area contributed by atoms with E-state index in [9.17, 15) is 9.59 Å². The van der Waals surface area contributed by atoms with Gasteiger partial charge in [-0.2, -0.15) is 5.10 Å². The van der Waals surface area contributed by atoms with E-state index in [-0.39, 0.29) is 11.5 Å². The quantitative estimate of drug-likeness (QED) is 0.863. The lowest BCUT2D eigenvalue weighted by Crippen LogP contribution is -2.16. The molecule has 0 radical (unpaired) electrons. The van der Waals surface area contributed by atoms with Gasteiger partial charge in [0, 0.05) is 31.4 Å². The number of amides is 1. The number of carbonyl (C=O) groups excluding carboxylic acids is 1. The van der Waals surface area contributed by atoms with Gasteiger partial charge in [0.2, 0.25) is 0 Å². The van der Waals surface area contributed by atoms with Crippen molar-refractivity contribution < 1.29 is 4.79 Å². The van der Waals surface area contributed by atoms with Gasteiger partial charge in [0.15, 0.2) is 5.82 Å². The van der Waals surface area contributed by atoms with E-state index in [2.05, 4.69) is 15.5 Å². The van der Waals surface area contributed by atoms with Gasteiger partial charge in [-0.25, -0.2) is 5.10 Å². The Labute approximate surface area is 110 Å². The molecule has 0 bridgehead atoms. The summed E-state index contributed by atoms with van der Waals surface area (Å²) in [5.41, 5.74) is 1.15. The fourth-order valence-electron chi connectivity index (χ4n) is 1.53. The average molecular weight is 258 g/mol. The highest BCUT2D eigenvalue weighted by Gasteiger charge is 2.08. The van der Waals surface area contributed by atoms with E-state index in [1.807, 2.05) is 31.1 Å². The minimum absolute atomic E-state index is 0.275. The topological polar surface area (TPSA) is 78.1 Å². The Hall–Kier alpha value is -2.63. The lowest BCUT2D eigenvalue weighted by Gasteiger charge is -2.13. The van der Waals surface area contributed by atoms with Crippen molar-refractivity contribution in [1.29, 1.82) is 0 Å². The van der Waals surface area contributed by atoms with Crippen LogP contribution in [0.15, 0.2) is 41.2 Å². The van der Waals surface area contributed by atoms with E-state index in [0.29, 0.717) is 11.4 Å². The Balaban J connectivity index is 2.18. The Kier molecular flexibility index (Phi) is 3.61. The van der Waals surface area contributed by atoms with Crippen LogP contribution >= 0.6 is 0 Å². The molecule has 0 fully saturated rings. The molecule has 0 aliphatic rings. The Morgan fingerprint density at radius 3 is 2.68 bits per heavy atom. The molecule has 0 saturated heterocycles. The third-order valence-corrected chi connectivity index (χ3v) is 2.55. The lowest BCUT2D eigenvalue weighted by molar-refractivity contribution is 0.102. The van der Waals surface area contributed by atoms with Crippen molar-refractivity contribution in [3.8, 4) is 0 Å². The van der Waals surface area contributed by atoms with Gasteiger partial charge < -0.3 is 10.2 Å². The normalized spacial score (nSPS) is 10.0. The van der Waals surface area contributed by atoms with Crippen LogP contribution in [-0.4, -0.2) is 30.2 Å². The standard InChI is InChI=1S/C13H14N4O2/c1-17(2)10-5-3-4-9(8-10)13(19)14-11-6-7-12(18)16-15-11/h3-8H,1-2H3,(H,16,18)(H,14,15,19). The Morgan fingerprint density at radius 1 is 1.26 bits per heavy atom. The van der Waals surface area contributed by atoms with E-state index < -0.39 is 0 Å². The predicted octanol–water partition coefficient (Wildman–Crippen LogP) is 1.09. The van der Waals surface area contributed by atoms with Crippen molar-refractivity contribution in [2.75, 3.05) is 24.3 Å². The van der Waals surface area contributed by atoms with Gasteiger partial charge >= 0.3 is 0 Å². The summed E-state index contributed by atoms with van der Waals surface area (Å²) in [5, 5.41) is 8.59. The molecule has 98 valence electrons. The molecule has 0 aliphatic heterocycles. The van der Waals surface area contributed by atoms with Gasteiger partial charge in [0.1, 0.15) is 0 Å². The molecule has 19 heavy (non-hydrogen) atoms. The van der Waals surface area contributed by atoms with E-state index in [1.54, 1.807) is 12.1 Å². The number of H-pyrrole nitrogens is 1. The van der Waals surface area contributed by atoms with Crippen molar-refractivity contribution in [3.05, 3.63) is 52.3 Å². The average Bonchev–Trinajstić information content (AvgIpc) is 2.41. The van der Waals surface area contributed by atoms with Gasteiger partial charge in [-0.05, 0) is 24.3 Å².